The Morgan fingerprint density at radius 3 is 1.91 bits per heavy atom. The van der Waals surface area contributed by atoms with Gasteiger partial charge in [-0.15, -0.1) is 0 Å². The van der Waals surface area contributed by atoms with Gasteiger partial charge < -0.3 is 64.2 Å². The molecule has 1 aromatic rings. The first-order valence-corrected chi connectivity index (χ1v) is 10.7. The van der Waals surface area contributed by atoms with E-state index in [2.05, 4.69) is 0 Å². The maximum Gasteiger partial charge on any atom is 0.187 e. The van der Waals surface area contributed by atoms with Crippen LogP contribution in [0.5, 0.6) is 11.5 Å². The molecule has 0 aromatic heterocycles. The lowest BCUT2D eigenvalue weighted by atomic mass is 9.98. The van der Waals surface area contributed by atoms with E-state index in [-0.39, 0.29) is 6.61 Å². The highest BCUT2D eigenvalue weighted by Crippen LogP contribution is 2.29. The molecule has 2 aliphatic rings. The average Bonchev–Trinajstić information content (AvgIpc) is 2.85. The van der Waals surface area contributed by atoms with E-state index >= 15 is 0 Å². The summed E-state index contributed by atoms with van der Waals surface area (Å²) in [6, 6.07) is 5.03. The number of benzene rings is 1. The summed E-state index contributed by atoms with van der Waals surface area (Å²) in [5.74, 6) is 1.03. The van der Waals surface area contributed by atoms with E-state index < -0.39 is 74.6 Å². The van der Waals surface area contributed by atoms with E-state index in [1.807, 2.05) is 0 Å². The molecule has 2 fully saturated rings. The van der Waals surface area contributed by atoms with Crippen LogP contribution in [-0.4, -0.2) is 125 Å². The summed E-state index contributed by atoms with van der Waals surface area (Å²) in [4.78, 5) is 0. The summed E-state index contributed by atoms with van der Waals surface area (Å²) >= 11 is 0. The molecule has 0 bridgehead atoms. The largest absolute Gasteiger partial charge is 0.497 e. The fourth-order valence-electron chi connectivity index (χ4n) is 3.73. The lowest BCUT2D eigenvalue weighted by molar-refractivity contribution is -0.332. The monoisotopic (exact) mass is 492 g/mol. The topological polar surface area (TPSA) is 197 Å². The van der Waals surface area contributed by atoms with E-state index in [1.165, 1.54) is 14.2 Å². The van der Waals surface area contributed by atoms with Gasteiger partial charge in [-0.05, 0) is 12.1 Å². The van der Waals surface area contributed by atoms with Gasteiger partial charge in [0, 0.05) is 11.6 Å². The molecule has 0 amide bonds. The molecular weight excluding hydrogens is 460 g/mol. The second-order valence-electron chi connectivity index (χ2n) is 8.03. The van der Waals surface area contributed by atoms with E-state index in [4.69, 9.17) is 28.4 Å². The van der Waals surface area contributed by atoms with Crippen LogP contribution in [0.2, 0.25) is 0 Å². The van der Waals surface area contributed by atoms with E-state index in [1.54, 1.807) is 18.2 Å². The fourth-order valence-corrected chi connectivity index (χ4v) is 3.73. The summed E-state index contributed by atoms with van der Waals surface area (Å²) in [6.45, 7) is -1.15. The third-order valence-electron chi connectivity index (χ3n) is 5.84. The van der Waals surface area contributed by atoms with Crippen LogP contribution in [0.1, 0.15) is 5.56 Å². The highest BCUT2D eigenvalue weighted by atomic mass is 16.7. The molecule has 2 heterocycles. The third-order valence-corrected chi connectivity index (χ3v) is 5.84. The first-order valence-electron chi connectivity index (χ1n) is 10.7. The maximum atomic E-state index is 10.3. The van der Waals surface area contributed by atoms with Crippen LogP contribution in [0.15, 0.2) is 18.2 Å². The molecule has 3 rings (SSSR count). The summed E-state index contributed by atoms with van der Waals surface area (Å²) in [5, 5.41) is 69.9. The number of rotatable bonds is 9. The van der Waals surface area contributed by atoms with Crippen molar-refractivity contribution in [1.29, 1.82) is 0 Å². The van der Waals surface area contributed by atoms with E-state index in [0.717, 1.165) is 0 Å². The molecule has 13 heteroatoms. The molecular formula is C21H32O13. The molecule has 1 aromatic carbocycles. The van der Waals surface area contributed by atoms with Gasteiger partial charge in [0.05, 0.1) is 34.0 Å². The highest BCUT2D eigenvalue weighted by Gasteiger charge is 2.47. The lowest BCUT2D eigenvalue weighted by Crippen LogP contribution is -2.61. The molecule has 2 aliphatic heterocycles. The Hall–Kier alpha value is -1.62. The zero-order chi connectivity index (χ0) is 25.0. The van der Waals surface area contributed by atoms with Crippen molar-refractivity contribution in [3.8, 4) is 11.5 Å². The minimum absolute atomic E-state index is 0.0714. The van der Waals surface area contributed by atoms with Crippen molar-refractivity contribution in [2.75, 3.05) is 27.4 Å². The third kappa shape index (κ3) is 5.78. The minimum Gasteiger partial charge on any atom is -0.497 e. The average molecular weight is 492 g/mol. The molecule has 0 saturated carbocycles. The first kappa shape index (κ1) is 27.0. The Morgan fingerprint density at radius 1 is 0.735 bits per heavy atom. The number of methoxy groups -OCH3 is 2. The number of hydrogen-bond donors (Lipinski definition) is 7. The molecule has 0 aliphatic carbocycles. The van der Waals surface area contributed by atoms with Gasteiger partial charge in [-0.3, -0.25) is 0 Å². The van der Waals surface area contributed by atoms with Crippen LogP contribution < -0.4 is 9.47 Å². The molecule has 0 radical (unpaired) electrons. The highest BCUT2D eigenvalue weighted by molar-refractivity contribution is 5.40. The number of ether oxygens (including phenoxy) is 6. The van der Waals surface area contributed by atoms with Gasteiger partial charge in [0.2, 0.25) is 0 Å². The SMILES string of the molecule is COc1ccc(CO[C@@H]2O[C@@H](CO[C@@H]3O[C@@H](CO)[C@@H](O)[C@H](O)[C@@H]3O)[C@@H](O)[C@H](O)[C@@H]2O)c(OC)c1. The van der Waals surface area contributed by atoms with Gasteiger partial charge >= 0.3 is 0 Å². The second kappa shape index (κ2) is 11.9. The van der Waals surface area contributed by atoms with Crippen molar-refractivity contribution in [3.05, 3.63) is 23.8 Å². The van der Waals surface area contributed by atoms with E-state index in [0.29, 0.717) is 17.1 Å². The lowest BCUT2D eigenvalue weighted by Gasteiger charge is -2.42. The van der Waals surface area contributed by atoms with Crippen molar-refractivity contribution in [2.24, 2.45) is 0 Å². The van der Waals surface area contributed by atoms with Crippen LogP contribution in [0.25, 0.3) is 0 Å². The Kier molecular flexibility index (Phi) is 9.42. The van der Waals surface area contributed by atoms with Gasteiger partial charge in [0.1, 0.15) is 60.3 Å². The van der Waals surface area contributed by atoms with Crippen LogP contribution in [0.3, 0.4) is 0 Å². The maximum absolute atomic E-state index is 10.3. The summed E-state index contributed by atoms with van der Waals surface area (Å²) in [6.07, 6.45) is -14.8. The quantitative estimate of drug-likeness (QED) is 0.183. The van der Waals surface area contributed by atoms with Gasteiger partial charge in [0.15, 0.2) is 12.6 Å². The van der Waals surface area contributed by atoms with Gasteiger partial charge in [-0.25, -0.2) is 0 Å². The van der Waals surface area contributed by atoms with Gasteiger partial charge in [-0.1, -0.05) is 0 Å². The van der Waals surface area contributed by atoms with E-state index in [9.17, 15) is 35.7 Å². The first-order chi connectivity index (χ1) is 16.2. The molecule has 194 valence electrons. The molecule has 0 spiro atoms. The van der Waals surface area contributed by atoms with Crippen molar-refractivity contribution < 1.29 is 64.2 Å². The predicted octanol–water partition coefficient (Wildman–Crippen LogP) is -3.16. The smallest absolute Gasteiger partial charge is 0.187 e. The normalized spacial score (nSPS) is 38.5. The summed E-state index contributed by atoms with van der Waals surface area (Å²) < 4.78 is 32.3. The Morgan fingerprint density at radius 2 is 1.32 bits per heavy atom. The van der Waals surface area contributed by atoms with Gasteiger partial charge in [-0.2, -0.15) is 0 Å². The van der Waals surface area contributed by atoms with Crippen molar-refractivity contribution in [1.82, 2.24) is 0 Å². The van der Waals surface area contributed by atoms with Crippen LogP contribution >= 0.6 is 0 Å². The van der Waals surface area contributed by atoms with Gasteiger partial charge in [0.25, 0.3) is 0 Å². The molecule has 7 N–H and O–H groups in total. The number of aliphatic hydroxyl groups is 7. The fraction of sp³-hybridized carbons (Fsp3) is 0.714. The molecule has 13 nitrogen and oxygen atoms in total. The number of aliphatic hydroxyl groups excluding tert-OH is 7. The molecule has 0 unspecified atom stereocenters. The Bertz CT molecular complexity index is 777. The van der Waals surface area contributed by atoms with Crippen LogP contribution in [0, 0.1) is 0 Å². The van der Waals surface area contributed by atoms with Crippen molar-refractivity contribution in [3.63, 3.8) is 0 Å². The number of hydrogen-bond acceptors (Lipinski definition) is 13. The minimum atomic E-state index is -1.65. The van der Waals surface area contributed by atoms with Crippen molar-refractivity contribution >= 4 is 0 Å². The zero-order valence-electron chi connectivity index (χ0n) is 18.7. The Labute approximate surface area is 195 Å². The summed E-state index contributed by atoms with van der Waals surface area (Å²) in [7, 11) is 2.98. The molecule has 10 atom stereocenters. The van der Waals surface area contributed by atoms with Crippen LogP contribution in [0.4, 0.5) is 0 Å². The van der Waals surface area contributed by atoms with Crippen molar-refractivity contribution in [2.45, 2.75) is 68.0 Å². The summed E-state index contributed by atoms with van der Waals surface area (Å²) in [5.41, 5.74) is 0.605. The standard InChI is InChI=1S/C21H32O13/c1-29-10-4-3-9(11(5-10)30-2)7-31-20-19(28)17(26)15(24)13(34-20)8-32-21-18(27)16(25)14(23)12(6-22)33-21/h3-5,12-28H,6-8H2,1-2H3/t12-,13-,14+,15+,16-,17-,18-,19-,20+,21+/m0/s1. The van der Waals surface area contributed by atoms with Crippen LogP contribution in [-0.2, 0) is 25.6 Å². The predicted molar refractivity (Wildman–Crippen MR) is 111 cm³/mol. The molecule has 2 saturated heterocycles. The Balaban J connectivity index is 1.62. The second-order valence-corrected chi connectivity index (χ2v) is 8.03. The zero-order valence-corrected chi connectivity index (χ0v) is 18.7. The molecule has 34 heavy (non-hydrogen) atoms.